The zero-order chi connectivity index (χ0) is 46.0. The Balaban J connectivity index is 1.03. The van der Waals surface area contributed by atoms with Gasteiger partial charge in [-0.25, -0.2) is 0 Å². The lowest BCUT2D eigenvalue weighted by Gasteiger charge is -2.31. The molecule has 0 heteroatoms. The number of benzene rings is 11. The van der Waals surface area contributed by atoms with Gasteiger partial charge in [0.2, 0.25) is 0 Å². The number of hydrogen-bond acceptors (Lipinski definition) is 0. The summed E-state index contributed by atoms with van der Waals surface area (Å²) in [7, 11) is 0. The molecule has 0 aromatic heterocycles. The van der Waals surface area contributed by atoms with Gasteiger partial charge in [0.15, 0.2) is 0 Å². The van der Waals surface area contributed by atoms with Crippen molar-refractivity contribution < 1.29 is 0 Å². The molecule has 15 rings (SSSR count). The van der Waals surface area contributed by atoms with Crippen molar-refractivity contribution in [3.8, 4) is 77.9 Å². The van der Waals surface area contributed by atoms with Gasteiger partial charge in [0.1, 0.15) is 0 Å². The van der Waals surface area contributed by atoms with Crippen LogP contribution in [0.5, 0.6) is 0 Å². The van der Waals surface area contributed by atoms with Crippen LogP contribution in [0, 0.1) is 0 Å². The Bertz CT molecular complexity index is 4010. The highest BCUT2D eigenvalue weighted by Gasteiger charge is 2.51. The summed E-state index contributed by atoms with van der Waals surface area (Å²) in [6.45, 7) is 9.56. The van der Waals surface area contributed by atoms with E-state index in [4.69, 9.17) is 0 Å². The lowest BCUT2D eigenvalue weighted by molar-refractivity contribution is 0.660. The van der Waals surface area contributed by atoms with Crippen LogP contribution in [-0.4, -0.2) is 0 Å². The Morgan fingerprint density at radius 2 is 0.609 bits per heavy atom. The second-order valence-electron chi connectivity index (χ2n) is 21.0. The molecule has 0 aliphatic heterocycles. The number of rotatable bonds is 3. The Morgan fingerprint density at radius 3 is 1.25 bits per heavy atom. The van der Waals surface area contributed by atoms with Gasteiger partial charge in [-0.2, -0.15) is 0 Å². The molecule has 0 radical (unpaired) electrons. The standard InChI is InChI=1S/C69H48/c1-67(2)57-27-13-11-24-53(57)66-54(25-17-31-61(66)67)65-51-23-6-5-22-50(51)64(52-37-33-41(38-55(52)65)42-32-35-48-44-18-7-12-26-56(44)68(3,4)62(48)39-42)43-34-36-49-47-21-10-16-30-60(47)69(63(49)40-43)58-28-14-8-19-45(58)46-20-9-15-29-59(46)69/h5-40H,1-4H3. The molecule has 11 aromatic rings. The molecule has 11 aromatic carbocycles. The van der Waals surface area contributed by atoms with Crippen LogP contribution in [-0.2, 0) is 16.2 Å². The predicted octanol–water partition coefficient (Wildman–Crippen LogP) is 18.0. The summed E-state index contributed by atoms with van der Waals surface area (Å²) in [4.78, 5) is 0. The fourth-order valence-corrected chi connectivity index (χ4v) is 14.1. The fourth-order valence-electron chi connectivity index (χ4n) is 14.1. The van der Waals surface area contributed by atoms with Crippen molar-refractivity contribution >= 4 is 21.5 Å². The maximum absolute atomic E-state index is 2.57. The molecule has 0 bridgehead atoms. The topological polar surface area (TPSA) is 0 Å². The Kier molecular flexibility index (Phi) is 7.66. The third-order valence-corrected chi connectivity index (χ3v) is 17.1. The highest BCUT2D eigenvalue weighted by Crippen LogP contribution is 2.64. The van der Waals surface area contributed by atoms with Crippen LogP contribution in [0.3, 0.4) is 0 Å². The third kappa shape index (κ3) is 4.89. The molecule has 0 N–H and O–H groups in total. The SMILES string of the molecule is CC1(C)c2ccccc2-c2ccc(-c3ccc4c(-c5ccc6c(c5)C5(c7ccccc7-c7ccccc75)c5ccccc5-6)c5ccccc5c(-c5cccc6c5-c5ccccc5C6(C)C)c4c3)cc21. The first kappa shape index (κ1) is 39.0. The molecule has 0 fully saturated rings. The summed E-state index contributed by atoms with van der Waals surface area (Å²) in [6.07, 6.45) is 0. The lowest BCUT2D eigenvalue weighted by atomic mass is 9.70. The van der Waals surface area contributed by atoms with Crippen molar-refractivity contribution in [2.24, 2.45) is 0 Å². The van der Waals surface area contributed by atoms with E-state index < -0.39 is 5.41 Å². The molecule has 0 saturated heterocycles. The highest BCUT2D eigenvalue weighted by molar-refractivity contribution is 6.23. The van der Waals surface area contributed by atoms with Gasteiger partial charge in [0, 0.05) is 10.8 Å². The van der Waals surface area contributed by atoms with Gasteiger partial charge in [-0.3, -0.25) is 0 Å². The van der Waals surface area contributed by atoms with Crippen LogP contribution in [0.4, 0.5) is 0 Å². The number of hydrogen-bond donors (Lipinski definition) is 0. The van der Waals surface area contributed by atoms with E-state index in [9.17, 15) is 0 Å². The van der Waals surface area contributed by atoms with Crippen molar-refractivity contribution in [2.75, 3.05) is 0 Å². The van der Waals surface area contributed by atoms with Crippen LogP contribution >= 0.6 is 0 Å². The molecule has 1 spiro atoms. The van der Waals surface area contributed by atoms with Crippen molar-refractivity contribution in [3.63, 3.8) is 0 Å². The molecule has 4 aliphatic carbocycles. The van der Waals surface area contributed by atoms with Crippen LogP contribution in [0.2, 0.25) is 0 Å². The smallest absolute Gasteiger partial charge is 0.0619 e. The van der Waals surface area contributed by atoms with E-state index in [1.54, 1.807) is 0 Å². The molecule has 4 aliphatic rings. The highest BCUT2D eigenvalue weighted by atomic mass is 14.5. The van der Waals surface area contributed by atoms with Gasteiger partial charge in [0.05, 0.1) is 5.41 Å². The first-order valence-electron chi connectivity index (χ1n) is 24.7. The van der Waals surface area contributed by atoms with Gasteiger partial charge in [-0.05, 0) is 162 Å². The Morgan fingerprint density at radius 1 is 0.217 bits per heavy atom. The largest absolute Gasteiger partial charge is 0.0725 e. The molecule has 0 saturated carbocycles. The van der Waals surface area contributed by atoms with E-state index in [1.165, 1.54) is 144 Å². The molecule has 0 atom stereocenters. The minimum Gasteiger partial charge on any atom is -0.0619 e. The van der Waals surface area contributed by atoms with Crippen LogP contribution in [0.15, 0.2) is 218 Å². The van der Waals surface area contributed by atoms with E-state index in [-0.39, 0.29) is 10.8 Å². The van der Waals surface area contributed by atoms with Crippen molar-refractivity contribution in [1.29, 1.82) is 0 Å². The minimum atomic E-state index is -0.431. The van der Waals surface area contributed by atoms with Crippen molar-refractivity contribution in [2.45, 2.75) is 43.9 Å². The van der Waals surface area contributed by atoms with Gasteiger partial charge in [0.25, 0.3) is 0 Å². The van der Waals surface area contributed by atoms with E-state index in [0.717, 1.165) is 0 Å². The number of fused-ring (bicyclic) bond motifs is 18. The predicted molar refractivity (Wildman–Crippen MR) is 289 cm³/mol. The minimum absolute atomic E-state index is 0.0942. The first-order valence-corrected chi connectivity index (χ1v) is 24.7. The van der Waals surface area contributed by atoms with Crippen molar-refractivity contribution in [1.82, 2.24) is 0 Å². The fraction of sp³-hybridized carbons (Fsp3) is 0.101. The quantitative estimate of drug-likeness (QED) is 0.155. The monoisotopic (exact) mass is 876 g/mol. The third-order valence-electron chi connectivity index (χ3n) is 17.1. The van der Waals surface area contributed by atoms with Gasteiger partial charge in [-0.15, -0.1) is 0 Å². The maximum Gasteiger partial charge on any atom is 0.0725 e. The second-order valence-corrected chi connectivity index (χ2v) is 21.0. The van der Waals surface area contributed by atoms with Gasteiger partial charge in [-0.1, -0.05) is 228 Å². The Labute approximate surface area is 404 Å². The summed E-state index contributed by atoms with van der Waals surface area (Å²) >= 11 is 0. The summed E-state index contributed by atoms with van der Waals surface area (Å²) in [6, 6.07) is 83.8. The second kappa shape index (κ2) is 13.6. The summed E-state index contributed by atoms with van der Waals surface area (Å²) in [5.41, 5.74) is 28.7. The molecule has 0 amide bonds. The maximum atomic E-state index is 2.57. The van der Waals surface area contributed by atoms with E-state index in [1.807, 2.05) is 0 Å². The van der Waals surface area contributed by atoms with Crippen LogP contribution in [0.25, 0.3) is 99.4 Å². The zero-order valence-electron chi connectivity index (χ0n) is 39.3. The van der Waals surface area contributed by atoms with Gasteiger partial charge < -0.3 is 0 Å². The van der Waals surface area contributed by atoms with Crippen molar-refractivity contribution in [3.05, 3.63) is 263 Å². The summed E-state index contributed by atoms with van der Waals surface area (Å²) < 4.78 is 0. The Hall–Kier alpha value is -8.06. The zero-order valence-corrected chi connectivity index (χ0v) is 39.3. The molecule has 69 heavy (non-hydrogen) atoms. The van der Waals surface area contributed by atoms with Crippen LogP contribution < -0.4 is 0 Å². The molecular formula is C69H48. The van der Waals surface area contributed by atoms with E-state index >= 15 is 0 Å². The summed E-state index contributed by atoms with van der Waals surface area (Å²) in [5.74, 6) is 0. The molecule has 0 unspecified atom stereocenters. The average Bonchev–Trinajstić information content (AvgIpc) is 4.03. The van der Waals surface area contributed by atoms with Gasteiger partial charge >= 0.3 is 0 Å². The lowest BCUT2D eigenvalue weighted by Crippen LogP contribution is -2.25. The van der Waals surface area contributed by atoms with E-state index in [0.29, 0.717) is 0 Å². The first-order chi connectivity index (χ1) is 33.8. The molecule has 0 nitrogen and oxygen atoms in total. The summed E-state index contributed by atoms with van der Waals surface area (Å²) in [5, 5.41) is 5.08. The van der Waals surface area contributed by atoms with Crippen LogP contribution in [0.1, 0.15) is 72.2 Å². The average molecular weight is 877 g/mol. The normalized spacial score (nSPS) is 15.3. The molecule has 0 heterocycles. The molecule has 324 valence electrons. The molecular weight excluding hydrogens is 829 g/mol. The van der Waals surface area contributed by atoms with E-state index in [2.05, 4.69) is 246 Å².